The molecule has 1 saturated carbocycles. The number of amides is 1. The van der Waals surface area contributed by atoms with E-state index >= 15 is 0 Å². The topological polar surface area (TPSA) is 90.7 Å². The smallest absolute Gasteiger partial charge is 0.307 e. The van der Waals surface area contributed by atoms with E-state index in [4.69, 9.17) is 10.5 Å². The van der Waals surface area contributed by atoms with Crippen molar-refractivity contribution < 1.29 is 19.1 Å². The van der Waals surface area contributed by atoms with Crippen molar-refractivity contribution in [2.75, 3.05) is 13.7 Å². The van der Waals surface area contributed by atoms with Crippen molar-refractivity contribution in [3.05, 3.63) is 29.8 Å². The van der Waals surface area contributed by atoms with Gasteiger partial charge in [-0.25, -0.2) is 0 Å². The summed E-state index contributed by atoms with van der Waals surface area (Å²) in [5.41, 5.74) is 6.10. The highest BCUT2D eigenvalue weighted by molar-refractivity contribution is 5.79. The third-order valence-electron chi connectivity index (χ3n) is 3.21. The van der Waals surface area contributed by atoms with Crippen molar-refractivity contribution in [2.45, 2.75) is 31.4 Å². The molecule has 0 bridgehead atoms. The van der Waals surface area contributed by atoms with Gasteiger partial charge in [-0.15, -0.1) is 0 Å². The van der Waals surface area contributed by atoms with Crippen LogP contribution in [-0.4, -0.2) is 31.6 Å². The van der Waals surface area contributed by atoms with Crippen LogP contribution in [0.15, 0.2) is 24.3 Å². The quantitative estimate of drug-likeness (QED) is 0.729. The first-order chi connectivity index (χ1) is 10.1. The third-order valence-corrected chi connectivity index (χ3v) is 3.21. The Morgan fingerprint density at radius 3 is 2.81 bits per heavy atom. The van der Waals surface area contributed by atoms with Crippen LogP contribution in [0.25, 0.3) is 0 Å². The van der Waals surface area contributed by atoms with Gasteiger partial charge in [-0.1, -0.05) is 12.1 Å². The summed E-state index contributed by atoms with van der Waals surface area (Å²) in [5, 5.41) is 2.72. The van der Waals surface area contributed by atoms with E-state index < -0.39 is 12.0 Å². The molecule has 0 saturated heterocycles. The highest BCUT2D eigenvalue weighted by Crippen LogP contribution is 2.29. The molecule has 6 heteroatoms. The van der Waals surface area contributed by atoms with Gasteiger partial charge in [-0.3, -0.25) is 9.59 Å². The molecule has 1 amide bonds. The molecule has 0 spiro atoms. The SMILES string of the molecule is COC(=O)C[C@H](NC(=O)CN)c1cccc(OC2CC2)c1. The molecule has 0 aliphatic heterocycles. The van der Waals surface area contributed by atoms with Crippen LogP contribution in [0.2, 0.25) is 0 Å². The maximum Gasteiger partial charge on any atom is 0.307 e. The zero-order valence-electron chi connectivity index (χ0n) is 12.0. The predicted octanol–water partition coefficient (Wildman–Crippen LogP) is 0.907. The Hall–Kier alpha value is -2.08. The van der Waals surface area contributed by atoms with Crippen molar-refractivity contribution in [1.29, 1.82) is 0 Å². The monoisotopic (exact) mass is 292 g/mol. The fraction of sp³-hybridized carbons (Fsp3) is 0.467. The molecular formula is C15H20N2O4. The Morgan fingerprint density at radius 1 is 1.43 bits per heavy atom. The standard InChI is InChI=1S/C15H20N2O4/c1-20-15(19)8-13(17-14(18)9-16)10-3-2-4-12(7-10)21-11-5-6-11/h2-4,7,11,13H,5-6,8-9,16H2,1H3,(H,17,18)/t13-/m0/s1. The number of nitrogens with one attached hydrogen (secondary N) is 1. The van der Waals surface area contributed by atoms with E-state index in [0.717, 1.165) is 24.2 Å². The molecule has 0 radical (unpaired) electrons. The molecule has 0 heterocycles. The van der Waals surface area contributed by atoms with Gasteiger partial charge in [0.05, 0.1) is 32.2 Å². The Balaban J connectivity index is 2.13. The Morgan fingerprint density at radius 2 is 2.19 bits per heavy atom. The highest BCUT2D eigenvalue weighted by Gasteiger charge is 2.24. The van der Waals surface area contributed by atoms with Gasteiger partial charge in [0, 0.05) is 0 Å². The lowest BCUT2D eigenvalue weighted by Gasteiger charge is -2.18. The molecule has 1 atom stereocenters. The number of benzene rings is 1. The number of hydrogen-bond acceptors (Lipinski definition) is 5. The predicted molar refractivity (Wildman–Crippen MR) is 76.7 cm³/mol. The maximum atomic E-state index is 11.5. The highest BCUT2D eigenvalue weighted by atomic mass is 16.5. The average molecular weight is 292 g/mol. The number of ether oxygens (including phenoxy) is 2. The molecule has 1 aromatic carbocycles. The van der Waals surface area contributed by atoms with Crippen LogP contribution >= 0.6 is 0 Å². The van der Waals surface area contributed by atoms with Gasteiger partial charge in [-0.2, -0.15) is 0 Å². The van der Waals surface area contributed by atoms with Crippen LogP contribution in [-0.2, 0) is 14.3 Å². The van der Waals surface area contributed by atoms with Crippen LogP contribution in [0.1, 0.15) is 30.9 Å². The largest absolute Gasteiger partial charge is 0.490 e. The fourth-order valence-corrected chi connectivity index (χ4v) is 1.94. The lowest BCUT2D eigenvalue weighted by Crippen LogP contribution is -2.35. The zero-order valence-corrected chi connectivity index (χ0v) is 12.0. The van der Waals surface area contributed by atoms with Crippen LogP contribution < -0.4 is 15.8 Å². The minimum Gasteiger partial charge on any atom is -0.490 e. The lowest BCUT2D eigenvalue weighted by molar-refractivity contribution is -0.141. The van der Waals surface area contributed by atoms with Crippen molar-refractivity contribution in [2.24, 2.45) is 5.73 Å². The summed E-state index contributed by atoms with van der Waals surface area (Å²) >= 11 is 0. The first kappa shape index (κ1) is 15.3. The maximum absolute atomic E-state index is 11.5. The van der Waals surface area contributed by atoms with E-state index in [-0.39, 0.29) is 25.0 Å². The van der Waals surface area contributed by atoms with E-state index in [9.17, 15) is 9.59 Å². The first-order valence-electron chi connectivity index (χ1n) is 6.95. The molecule has 21 heavy (non-hydrogen) atoms. The normalized spacial score (nSPS) is 15.1. The molecule has 114 valence electrons. The van der Waals surface area contributed by atoms with Crippen LogP contribution in [0.3, 0.4) is 0 Å². The Labute approximate surface area is 123 Å². The van der Waals surface area contributed by atoms with E-state index in [1.54, 1.807) is 0 Å². The number of carbonyl (C=O) groups is 2. The van der Waals surface area contributed by atoms with Gasteiger partial charge in [0.25, 0.3) is 0 Å². The van der Waals surface area contributed by atoms with E-state index in [1.807, 2.05) is 24.3 Å². The molecule has 6 nitrogen and oxygen atoms in total. The van der Waals surface area contributed by atoms with Crippen LogP contribution in [0, 0.1) is 0 Å². The van der Waals surface area contributed by atoms with Crippen molar-refractivity contribution >= 4 is 11.9 Å². The first-order valence-corrected chi connectivity index (χ1v) is 6.95. The molecule has 1 fully saturated rings. The van der Waals surface area contributed by atoms with Gasteiger partial charge in [0.1, 0.15) is 5.75 Å². The van der Waals surface area contributed by atoms with Crippen molar-refractivity contribution in [3.8, 4) is 5.75 Å². The number of esters is 1. The molecular weight excluding hydrogens is 272 g/mol. The van der Waals surface area contributed by atoms with E-state index in [1.165, 1.54) is 7.11 Å². The Kier molecular flexibility index (Phi) is 5.16. The summed E-state index contributed by atoms with van der Waals surface area (Å²) in [5.74, 6) is 0.0233. The summed E-state index contributed by atoms with van der Waals surface area (Å²) < 4.78 is 10.4. The second-order valence-corrected chi connectivity index (χ2v) is 4.99. The molecule has 1 aliphatic rings. The summed E-state index contributed by atoms with van der Waals surface area (Å²) in [4.78, 5) is 23.0. The van der Waals surface area contributed by atoms with Gasteiger partial charge in [0.15, 0.2) is 0 Å². The average Bonchev–Trinajstić information content (AvgIpc) is 3.30. The molecule has 1 aliphatic carbocycles. The summed E-state index contributed by atoms with van der Waals surface area (Å²) in [6.45, 7) is -0.129. The fourth-order valence-electron chi connectivity index (χ4n) is 1.94. The van der Waals surface area contributed by atoms with Crippen molar-refractivity contribution in [3.63, 3.8) is 0 Å². The second kappa shape index (κ2) is 7.08. The molecule has 0 unspecified atom stereocenters. The minimum absolute atomic E-state index is 0.0507. The lowest BCUT2D eigenvalue weighted by atomic mass is 10.0. The number of rotatable bonds is 7. The minimum atomic E-state index is -0.476. The molecule has 3 N–H and O–H groups in total. The summed E-state index contributed by atoms with van der Waals surface area (Å²) in [6.07, 6.45) is 2.48. The number of methoxy groups -OCH3 is 1. The number of carbonyl (C=O) groups excluding carboxylic acids is 2. The van der Waals surface area contributed by atoms with E-state index in [0.29, 0.717) is 0 Å². The number of hydrogen-bond donors (Lipinski definition) is 2. The number of nitrogens with two attached hydrogens (primary N) is 1. The molecule has 0 aromatic heterocycles. The van der Waals surface area contributed by atoms with Crippen LogP contribution in [0.5, 0.6) is 5.75 Å². The van der Waals surface area contributed by atoms with Gasteiger partial charge in [0.2, 0.25) is 5.91 Å². The van der Waals surface area contributed by atoms with Crippen molar-refractivity contribution in [1.82, 2.24) is 5.32 Å². The summed E-state index contributed by atoms with van der Waals surface area (Å²) in [6, 6.07) is 6.90. The molecule has 2 rings (SSSR count). The zero-order chi connectivity index (χ0) is 15.2. The third kappa shape index (κ3) is 4.75. The van der Waals surface area contributed by atoms with Crippen LogP contribution in [0.4, 0.5) is 0 Å². The van der Waals surface area contributed by atoms with Gasteiger partial charge < -0.3 is 20.5 Å². The molecule has 1 aromatic rings. The second-order valence-electron chi connectivity index (χ2n) is 4.99. The summed E-state index contributed by atoms with van der Waals surface area (Å²) in [7, 11) is 1.32. The Bertz CT molecular complexity index is 496. The van der Waals surface area contributed by atoms with Gasteiger partial charge >= 0.3 is 5.97 Å². The van der Waals surface area contributed by atoms with Gasteiger partial charge in [-0.05, 0) is 30.5 Å². The van der Waals surface area contributed by atoms with E-state index in [2.05, 4.69) is 10.1 Å².